The number of rotatable bonds is 1. The number of hydrogen-bond donors (Lipinski definition) is 2. The lowest BCUT2D eigenvalue weighted by molar-refractivity contribution is -0.119. The van der Waals surface area contributed by atoms with E-state index in [1.807, 2.05) is 0 Å². The normalized spacial score (nSPS) is 40.2. The molecule has 4 heteroatoms. The lowest BCUT2D eigenvalue weighted by atomic mass is 10.2. The van der Waals surface area contributed by atoms with E-state index in [1.165, 1.54) is 0 Å². The lowest BCUT2D eigenvalue weighted by Crippen LogP contribution is -2.24. The Bertz CT molecular complexity index is 162. The molecule has 1 saturated heterocycles. The molecule has 3 N–H and O–H groups in total. The Labute approximate surface area is 72.1 Å². The third-order valence-corrected chi connectivity index (χ3v) is 2.69. The van der Waals surface area contributed by atoms with E-state index >= 15 is 0 Å². The SMILES string of the molecule is Cl.NC(=O)C1C2CCNCC21. The molecule has 0 aromatic rings. The van der Waals surface area contributed by atoms with Crippen LogP contribution in [0, 0.1) is 17.8 Å². The molecule has 64 valence electrons. The second-order valence-electron chi connectivity index (χ2n) is 3.25. The van der Waals surface area contributed by atoms with E-state index < -0.39 is 0 Å². The highest BCUT2D eigenvalue weighted by molar-refractivity contribution is 5.85. The summed E-state index contributed by atoms with van der Waals surface area (Å²) in [5.41, 5.74) is 5.19. The third kappa shape index (κ3) is 1.35. The van der Waals surface area contributed by atoms with E-state index in [2.05, 4.69) is 5.32 Å². The average Bonchev–Trinajstić information content (AvgIpc) is 2.60. The fraction of sp³-hybridized carbons (Fsp3) is 0.857. The van der Waals surface area contributed by atoms with E-state index in [4.69, 9.17) is 5.73 Å². The van der Waals surface area contributed by atoms with Gasteiger partial charge in [-0.1, -0.05) is 0 Å². The van der Waals surface area contributed by atoms with Crippen molar-refractivity contribution in [1.29, 1.82) is 0 Å². The van der Waals surface area contributed by atoms with E-state index in [9.17, 15) is 4.79 Å². The topological polar surface area (TPSA) is 55.1 Å². The summed E-state index contributed by atoms with van der Waals surface area (Å²) in [4.78, 5) is 10.7. The zero-order valence-corrected chi connectivity index (χ0v) is 7.06. The van der Waals surface area contributed by atoms with Crippen LogP contribution in [0.4, 0.5) is 0 Å². The number of halogens is 1. The molecule has 2 rings (SSSR count). The Morgan fingerprint density at radius 3 is 2.64 bits per heavy atom. The summed E-state index contributed by atoms with van der Waals surface area (Å²) in [5, 5.41) is 3.25. The Balaban J connectivity index is 0.000000605. The molecular formula is C7H13ClN2O. The fourth-order valence-electron chi connectivity index (χ4n) is 2.08. The largest absolute Gasteiger partial charge is 0.369 e. The van der Waals surface area contributed by atoms with Gasteiger partial charge in [-0.05, 0) is 31.3 Å². The van der Waals surface area contributed by atoms with Crippen molar-refractivity contribution in [3.05, 3.63) is 0 Å². The molecule has 0 aromatic carbocycles. The van der Waals surface area contributed by atoms with Gasteiger partial charge >= 0.3 is 0 Å². The first-order valence-corrected chi connectivity index (χ1v) is 3.81. The third-order valence-electron chi connectivity index (χ3n) is 2.69. The van der Waals surface area contributed by atoms with Gasteiger partial charge in [-0.3, -0.25) is 4.79 Å². The van der Waals surface area contributed by atoms with Crippen LogP contribution in [0.15, 0.2) is 0 Å². The van der Waals surface area contributed by atoms with E-state index in [1.54, 1.807) is 0 Å². The van der Waals surface area contributed by atoms with Crippen LogP contribution in [0.1, 0.15) is 6.42 Å². The Kier molecular flexibility index (Phi) is 2.40. The second-order valence-corrected chi connectivity index (χ2v) is 3.25. The number of nitrogens with two attached hydrogens (primary N) is 1. The molecule has 3 unspecified atom stereocenters. The number of piperidine rings is 1. The van der Waals surface area contributed by atoms with Gasteiger partial charge in [0, 0.05) is 5.92 Å². The van der Waals surface area contributed by atoms with Gasteiger partial charge in [0.15, 0.2) is 0 Å². The van der Waals surface area contributed by atoms with Gasteiger partial charge in [-0.2, -0.15) is 0 Å². The lowest BCUT2D eigenvalue weighted by Gasteiger charge is -2.07. The molecule has 3 atom stereocenters. The molecule has 1 aliphatic carbocycles. The van der Waals surface area contributed by atoms with Crippen LogP contribution in [0.25, 0.3) is 0 Å². The number of primary amides is 1. The molecule has 1 heterocycles. The van der Waals surface area contributed by atoms with Crippen molar-refractivity contribution in [2.75, 3.05) is 13.1 Å². The van der Waals surface area contributed by atoms with Crippen LogP contribution in [0.2, 0.25) is 0 Å². The average molecular weight is 177 g/mol. The molecule has 2 aliphatic rings. The molecule has 0 radical (unpaired) electrons. The monoisotopic (exact) mass is 176 g/mol. The summed E-state index contributed by atoms with van der Waals surface area (Å²) in [7, 11) is 0. The van der Waals surface area contributed by atoms with E-state index in [-0.39, 0.29) is 24.2 Å². The molecule has 1 aliphatic heterocycles. The number of fused-ring (bicyclic) bond motifs is 1. The van der Waals surface area contributed by atoms with Crippen LogP contribution in [-0.4, -0.2) is 19.0 Å². The Morgan fingerprint density at radius 2 is 2.18 bits per heavy atom. The summed E-state index contributed by atoms with van der Waals surface area (Å²) in [5.74, 6) is 1.30. The molecule has 1 saturated carbocycles. The maximum absolute atomic E-state index is 10.7. The first-order chi connectivity index (χ1) is 4.80. The minimum absolute atomic E-state index is 0. The van der Waals surface area contributed by atoms with Crippen molar-refractivity contribution < 1.29 is 4.79 Å². The summed E-state index contributed by atoms with van der Waals surface area (Å²) in [6, 6.07) is 0. The van der Waals surface area contributed by atoms with Crippen molar-refractivity contribution in [2.24, 2.45) is 23.5 Å². The molecule has 0 spiro atoms. The summed E-state index contributed by atoms with van der Waals surface area (Å²) >= 11 is 0. The Hall–Kier alpha value is -0.280. The molecule has 1 amide bonds. The maximum atomic E-state index is 10.7. The number of carbonyl (C=O) groups excluding carboxylic acids is 1. The molecule has 2 fully saturated rings. The van der Waals surface area contributed by atoms with Crippen LogP contribution in [-0.2, 0) is 4.79 Å². The number of hydrogen-bond acceptors (Lipinski definition) is 2. The van der Waals surface area contributed by atoms with Gasteiger partial charge in [0.2, 0.25) is 5.91 Å². The molecule has 0 aromatic heterocycles. The van der Waals surface area contributed by atoms with Crippen molar-refractivity contribution >= 4 is 18.3 Å². The minimum Gasteiger partial charge on any atom is -0.369 e. The summed E-state index contributed by atoms with van der Waals surface area (Å²) in [6.45, 7) is 2.06. The van der Waals surface area contributed by atoms with Crippen molar-refractivity contribution in [1.82, 2.24) is 5.32 Å². The van der Waals surface area contributed by atoms with Crippen molar-refractivity contribution in [3.63, 3.8) is 0 Å². The molecule has 11 heavy (non-hydrogen) atoms. The number of amides is 1. The second kappa shape index (κ2) is 2.99. The van der Waals surface area contributed by atoms with E-state index in [0.29, 0.717) is 11.8 Å². The van der Waals surface area contributed by atoms with Gasteiger partial charge < -0.3 is 11.1 Å². The van der Waals surface area contributed by atoms with Gasteiger partial charge in [0.05, 0.1) is 0 Å². The molecule has 3 nitrogen and oxygen atoms in total. The van der Waals surface area contributed by atoms with Crippen LogP contribution < -0.4 is 11.1 Å². The highest BCUT2D eigenvalue weighted by atomic mass is 35.5. The predicted octanol–water partition coefficient (Wildman–Crippen LogP) is -0.251. The maximum Gasteiger partial charge on any atom is 0.221 e. The summed E-state index contributed by atoms with van der Waals surface area (Å²) in [6.07, 6.45) is 1.14. The fourth-order valence-corrected chi connectivity index (χ4v) is 2.08. The highest BCUT2D eigenvalue weighted by Crippen LogP contribution is 2.49. The first-order valence-electron chi connectivity index (χ1n) is 3.81. The predicted molar refractivity (Wildman–Crippen MR) is 44.4 cm³/mol. The molecule has 0 bridgehead atoms. The van der Waals surface area contributed by atoms with Gasteiger partial charge in [0.25, 0.3) is 0 Å². The Morgan fingerprint density at radius 1 is 1.45 bits per heavy atom. The highest BCUT2D eigenvalue weighted by Gasteiger charge is 2.53. The van der Waals surface area contributed by atoms with Crippen molar-refractivity contribution in [2.45, 2.75) is 6.42 Å². The van der Waals surface area contributed by atoms with Crippen molar-refractivity contribution in [3.8, 4) is 0 Å². The number of carbonyl (C=O) groups is 1. The van der Waals surface area contributed by atoms with Gasteiger partial charge in [0.1, 0.15) is 0 Å². The van der Waals surface area contributed by atoms with E-state index in [0.717, 1.165) is 19.5 Å². The standard InChI is InChI=1S/C7H12N2O.ClH/c8-7(10)6-4-1-2-9-3-5(4)6;/h4-6,9H,1-3H2,(H2,8,10);1H. The minimum atomic E-state index is -0.0984. The smallest absolute Gasteiger partial charge is 0.221 e. The van der Waals surface area contributed by atoms with Gasteiger partial charge in [-0.15, -0.1) is 12.4 Å². The summed E-state index contributed by atoms with van der Waals surface area (Å²) < 4.78 is 0. The van der Waals surface area contributed by atoms with Gasteiger partial charge in [-0.25, -0.2) is 0 Å². The molecular weight excluding hydrogens is 164 g/mol. The van der Waals surface area contributed by atoms with Crippen LogP contribution >= 0.6 is 12.4 Å². The van der Waals surface area contributed by atoms with Crippen LogP contribution in [0.5, 0.6) is 0 Å². The zero-order valence-electron chi connectivity index (χ0n) is 6.25. The van der Waals surface area contributed by atoms with Crippen LogP contribution in [0.3, 0.4) is 0 Å². The first kappa shape index (κ1) is 8.81. The number of nitrogens with one attached hydrogen (secondary N) is 1. The quantitative estimate of drug-likeness (QED) is 0.579. The zero-order chi connectivity index (χ0) is 7.14.